The number of nitrogens with zero attached hydrogens (tertiary/aromatic N) is 2. The lowest BCUT2D eigenvalue weighted by Crippen LogP contribution is -1.96. The van der Waals surface area contributed by atoms with Crippen molar-refractivity contribution in [2.75, 3.05) is 0 Å². The molecule has 1 N–H and O–H groups in total. The van der Waals surface area contributed by atoms with Crippen LogP contribution in [0.2, 0.25) is 5.15 Å². The minimum absolute atomic E-state index is 0.164. The third kappa shape index (κ3) is 1.91. The largest absolute Gasteiger partial charge is 0.504 e. The van der Waals surface area contributed by atoms with E-state index < -0.39 is 17.7 Å². The topological polar surface area (TPSA) is 56.9 Å². The van der Waals surface area contributed by atoms with Crippen LogP contribution in [0.15, 0.2) is 6.20 Å². The van der Waals surface area contributed by atoms with Gasteiger partial charge in [0.1, 0.15) is 0 Å². The number of hydrogen-bond donors (Lipinski definition) is 1. The Kier molecular flexibility index (Phi) is 3.20. The van der Waals surface area contributed by atoms with E-state index in [9.17, 15) is 13.9 Å². The first-order valence-corrected chi connectivity index (χ1v) is 3.97. The van der Waals surface area contributed by atoms with E-state index in [4.69, 9.17) is 16.9 Å². The molecule has 0 spiro atoms. The number of aromatic hydroxyl groups is 1. The summed E-state index contributed by atoms with van der Waals surface area (Å²) in [7, 11) is 0. The fourth-order valence-corrected chi connectivity index (χ4v) is 1.14. The van der Waals surface area contributed by atoms with Crippen LogP contribution in [0.5, 0.6) is 5.75 Å². The summed E-state index contributed by atoms with van der Waals surface area (Å²) in [5.41, 5.74) is -0.629. The van der Waals surface area contributed by atoms with Crippen molar-refractivity contribution in [3.8, 4) is 11.8 Å². The van der Waals surface area contributed by atoms with Gasteiger partial charge in [-0.1, -0.05) is 11.6 Å². The van der Waals surface area contributed by atoms with Gasteiger partial charge in [-0.2, -0.15) is 5.26 Å². The summed E-state index contributed by atoms with van der Waals surface area (Å²) in [6.45, 7) is 0. The molecule has 3 nitrogen and oxygen atoms in total. The highest BCUT2D eigenvalue weighted by atomic mass is 35.5. The van der Waals surface area contributed by atoms with Crippen LogP contribution >= 0.6 is 11.6 Å². The van der Waals surface area contributed by atoms with E-state index in [0.29, 0.717) is 0 Å². The molecule has 14 heavy (non-hydrogen) atoms. The number of rotatable bonds is 2. The second kappa shape index (κ2) is 4.20. The second-order valence-corrected chi connectivity index (χ2v) is 2.83. The first kappa shape index (κ1) is 10.7. The van der Waals surface area contributed by atoms with Crippen LogP contribution in [0.4, 0.5) is 8.78 Å². The maximum atomic E-state index is 12.4. The normalized spacial score (nSPS) is 10.2. The Hall–Kier alpha value is -1.41. The Morgan fingerprint density at radius 3 is 2.79 bits per heavy atom. The second-order valence-electron chi connectivity index (χ2n) is 2.47. The minimum atomic E-state index is -2.78. The molecular weight excluding hydrogens is 214 g/mol. The molecule has 1 rings (SSSR count). The lowest BCUT2D eigenvalue weighted by Gasteiger charge is -2.07. The minimum Gasteiger partial charge on any atom is -0.504 e. The summed E-state index contributed by atoms with van der Waals surface area (Å²) in [5, 5.41) is 17.4. The molecule has 0 aliphatic carbocycles. The summed E-state index contributed by atoms with van der Waals surface area (Å²) in [6, 6.07) is 1.67. The van der Waals surface area contributed by atoms with Crippen molar-refractivity contribution < 1.29 is 13.9 Å². The van der Waals surface area contributed by atoms with Crippen molar-refractivity contribution in [1.29, 1.82) is 5.26 Å². The fraction of sp³-hybridized carbons (Fsp3) is 0.250. The molecule has 0 bridgehead atoms. The van der Waals surface area contributed by atoms with E-state index in [2.05, 4.69) is 4.98 Å². The number of alkyl halides is 2. The Bertz CT molecular complexity index is 390. The molecule has 0 saturated carbocycles. The van der Waals surface area contributed by atoms with Crippen molar-refractivity contribution in [1.82, 2.24) is 4.98 Å². The van der Waals surface area contributed by atoms with Gasteiger partial charge in [-0.15, -0.1) is 0 Å². The van der Waals surface area contributed by atoms with Crippen LogP contribution in [0.25, 0.3) is 0 Å². The van der Waals surface area contributed by atoms with Crippen molar-refractivity contribution in [2.24, 2.45) is 0 Å². The molecule has 1 heterocycles. The highest BCUT2D eigenvalue weighted by molar-refractivity contribution is 6.30. The van der Waals surface area contributed by atoms with E-state index in [1.807, 2.05) is 0 Å². The van der Waals surface area contributed by atoms with Gasteiger partial charge in [0.15, 0.2) is 10.9 Å². The molecule has 0 saturated heterocycles. The summed E-state index contributed by atoms with van der Waals surface area (Å²) in [6.07, 6.45) is -2.25. The standard InChI is InChI=1S/C8H5ClF2N2O/c9-7-6(14)4(1-2-12)5(3-13-7)8(10)11/h3,8,14H,1H2. The Morgan fingerprint density at radius 1 is 1.64 bits per heavy atom. The maximum Gasteiger partial charge on any atom is 0.265 e. The molecule has 0 atom stereocenters. The zero-order valence-electron chi connectivity index (χ0n) is 6.84. The molecule has 1 aromatic heterocycles. The Balaban J connectivity index is 3.31. The summed E-state index contributed by atoms with van der Waals surface area (Å²) in [5.74, 6) is -0.550. The SMILES string of the molecule is N#CCc1c(C(F)F)cnc(Cl)c1O. The van der Waals surface area contributed by atoms with Gasteiger partial charge in [0, 0.05) is 17.3 Å². The van der Waals surface area contributed by atoms with E-state index in [1.165, 1.54) is 0 Å². The summed E-state index contributed by atoms with van der Waals surface area (Å²) >= 11 is 5.41. The van der Waals surface area contributed by atoms with E-state index in [1.54, 1.807) is 6.07 Å². The third-order valence-corrected chi connectivity index (χ3v) is 1.91. The lowest BCUT2D eigenvalue weighted by molar-refractivity contribution is 0.149. The van der Waals surface area contributed by atoms with Crippen LogP contribution in [0.1, 0.15) is 17.6 Å². The predicted molar refractivity (Wildman–Crippen MR) is 45.2 cm³/mol. The van der Waals surface area contributed by atoms with Crippen LogP contribution in [-0.2, 0) is 6.42 Å². The molecule has 0 aliphatic heterocycles. The zero-order chi connectivity index (χ0) is 10.7. The van der Waals surface area contributed by atoms with Gasteiger partial charge in [0.2, 0.25) is 0 Å². The van der Waals surface area contributed by atoms with Crippen molar-refractivity contribution in [3.05, 3.63) is 22.5 Å². The first-order chi connectivity index (χ1) is 6.57. The number of nitriles is 1. The predicted octanol–water partition coefficient (Wildman–Crippen LogP) is 2.44. The number of halogens is 3. The molecular formula is C8H5ClF2N2O. The molecule has 0 fully saturated rings. The van der Waals surface area contributed by atoms with Gasteiger partial charge in [0.05, 0.1) is 12.5 Å². The van der Waals surface area contributed by atoms with Gasteiger partial charge in [-0.3, -0.25) is 0 Å². The Morgan fingerprint density at radius 2 is 2.29 bits per heavy atom. The van der Waals surface area contributed by atoms with Gasteiger partial charge in [-0.25, -0.2) is 13.8 Å². The number of pyridine rings is 1. The molecule has 0 radical (unpaired) electrons. The van der Waals surface area contributed by atoms with Crippen LogP contribution in [-0.4, -0.2) is 10.1 Å². The summed E-state index contributed by atoms with van der Waals surface area (Å²) < 4.78 is 24.7. The molecule has 0 unspecified atom stereocenters. The maximum absolute atomic E-state index is 12.4. The lowest BCUT2D eigenvalue weighted by atomic mass is 10.1. The zero-order valence-corrected chi connectivity index (χ0v) is 7.59. The average Bonchev–Trinajstić information content (AvgIpc) is 2.13. The molecule has 74 valence electrons. The highest BCUT2D eigenvalue weighted by Crippen LogP contribution is 2.33. The number of hydrogen-bond acceptors (Lipinski definition) is 3. The first-order valence-electron chi connectivity index (χ1n) is 3.59. The average molecular weight is 219 g/mol. The molecule has 0 amide bonds. The highest BCUT2D eigenvalue weighted by Gasteiger charge is 2.18. The quantitative estimate of drug-likeness (QED) is 0.776. The molecule has 6 heteroatoms. The van der Waals surface area contributed by atoms with Gasteiger partial charge < -0.3 is 5.11 Å². The van der Waals surface area contributed by atoms with Crippen molar-refractivity contribution >= 4 is 11.6 Å². The smallest absolute Gasteiger partial charge is 0.265 e. The van der Waals surface area contributed by atoms with Gasteiger partial charge >= 0.3 is 0 Å². The third-order valence-electron chi connectivity index (χ3n) is 1.64. The van der Waals surface area contributed by atoms with Crippen molar-refractivity contribution in [2.45, 2.75) is 12.8 Å². The fourth-order valence-electron chi connectivity index (χ4n) is 0.979. The summed E-state index contributed by atoms with van der Waals surface area (Å²) in [4.78, 5) is 3.37. The van der Waals surface area contributed by atoms with Crippen LogP contribution in [0.3, 0.4) is 0 Å². The van der Waals surface area contributed by atoms with E-state index in [-0.39, 0.29) is 17.1 Å². The molecule has 1 aromatic rings. The van der Waals surface area contributed by atoms with Crippen LogP contribution < -0.4 is 0 Å². The van der Waals surface area contributed by atoms with Gasteiger partial charge in [-0.05, 0) is 0 Å². The van der Waals surface area contributed by atoms with E-state index >= 15 is 0 Å². The monoisotopic (exact) mass is 218 g/mol. The van der Waals surface area contributed by atoms with Crippen molar-refractivity contribution in [3.63, 3.8) is 0 Å². The molecule has 0 aliphatic rings. The van der Waals surface area contributed by atoms with Gasteiger partial charge in [0.25, 0.3) is 6.43 Å². The molecule has 0 aromatic carbocycles. The Labute approximate surface area is 83.6 Å². The van der Waals surface area contributed by atoms with Crippen LogP contribution in [0, 0.1) is 11.3 Å². The number of aromatic nitrogens is 1. The van der Waals surface area contributed by atoms with E-state index in [0.717, 1.165) is 6.20 Å².